The van der Waals surface area contributed by atoms with E-state index in [1.165, 1.54) is 12.1 Å². The standard InChI is InChI=1S/C18H21ClF2N4O3/c19-16-10(5-4-8-2-1-3-11(20)13(8)21)17(25-18(22)24-16)23-12-6-9(7-26)14(27)15(12)28/h1-3,9,12,14-15,26-28H,4-7H2,(H3,22,23,24,25). The van der Waals surface area contributed by atoms with Gasteiger partial charge in [0.05, 0.1) is 12.1 Å². The highest BCUT2D eigenvalue weighted by molar-refractivity contribution is 6.30. The second-order valence-electron chi connectivity index (χ2n) is 6.82. The van der Waals surface area contributed by atoms with Crippen molar-refractivity contribution in [2.75, 3.05) is 17.7 Å². The molecule has 0 radical (unpaired) electrons. The number of nitrogen functional groups attached to an aromatic ring is 1. The van der Waals surface area contributed by atoms with Crippen molar-refractivity contribution in [1.82, 2.24) is 9.97 Å². The molecule has 10 heteroatoms. The molecule has 1 aliphatic carbocycles. The number of benzene rings is 1. The van der Waals surface area contributed by atoms with Crippen molar-refractivity contribution in [1.29, 1.82) is 0 Å². The Balaban J connectivity index is 1.83. The van der Waals surface area contributed by atoms with E-state index in [0.717, 1.165) is 6.07 Å². The first-order chi connectivity index (χ1) is 13.3. The summed E-state index contributed by atoms with van der Waals surface area (Å²) in [5.74, 6) is -2.20. The Morgan fingerprint density at radius 2 is 1.93 bits per heavy atom. The van der Waals surface area contributed by atoms with E-state index in [0.29, 0.717) is 12.0 Å². The van der Waals surface area contributed by atoms with E-state index >= 15 is 0 Å². The summed E-state index contributed by atoms with van der Waals surface area (Å²) in [6, 6.07) is 3.33. The maximum absolute atomic E-state index is 13.9. The molecule has 4 atom stereocenters. The van der Waals surface area contributed by atoms with Crippen LogP contribution >= 0.6 is 11.6 Å². The summed E-state index contributed by atoms with van der Waals surface area (Å²) in [5.41, 5.74) is 6.26. The van der Waals surface area contributed by atoms with Crippen LogP contribution in [-0.2, 0) is 12.8 Å². The molecule has 0 aliphatic heterocycles. The summed E-state index contributed by atoms with van der Waals surface area (Å²) in [4.78, 5) is 8.01. The normalized spacial score (nSPS) is 24.5. The highest BCUT2D eigenvalue weighted by Crippen LogP contribution is 2.31. The van der Waals surface area contributed by atoms with Crippen molar-refractivity contribution < 1.29 is 24.1 Å². The molecule has 0 spiro atoms. The SMILES string of the molecule is Nc1nc(Cl)c(CCc2cccc(F)c2F)c(NC2CC(CO)C(O)C2O)n1. The minimum absolute atomic E-state index is 0.0542. The number of aryl methyl sites for hydroxylation is 1. The van der Waals surface area contributed by atoms with Crippen LogP contribution in [0.15, 0.2) is 18.2 Å². The number of halogens is 3. The number of rotatable bonds is 6. The van der Waals surface area contributed by atoms with Gasteiger partial charge in [-0.05, 0) is 30.9 Å². The quantitative estimate of drug-likeness (QED) is 0.451. The summed E-state index contributed by atoms with van der Waals surface area (Å²) in [6.07, 6.45) is -1.57. The molecule has 0 saturated heterocycles. The number of nitrogens with one attached hydrogen (secondary N) is 1. The van der Waals surface area contributed by atoms with E-state index in [9.17, 15) is 24.1 Å². The summed E-state index contributed by atoms with van der Waals surface area (Å²) in [5, 5.41) is 32.5. The van der Waals surface area contributed by atoms with Crippen LogP contribution in [0.2, 0.25) is 5.15 Å². The zero-order valence-corrected chi connectivity index (χ0v) is 15.6. The number of hydrogen-bond acceptors (Lipinski definition) is 7. The Bertz CT molecular complexity index is 858. The molecule has 0 amide bonds. The average molecular weight is 415 g/mol. The first-order valence-electron chi connectivity index (χ1n) is 8.80. The van der Waals surface area contributed by atoms with Crippen LogP contribution < -0.4 is 11.1 Å². The fraction of sp³-hybridized carbons (Fsp3) is 0.444. The molecule has 4 unspecified atom stereocenters. The van der Waals surface area contributed by atoms with Gasteiger partial charge >= 0.3 is 0 Å². The number of anilines is 2. The van der Waals surface area contributed by atoms with Crippen molar-refractivity contribution in [3.63, 3.8) is 0 Å². The average Bonchev–Trinajstić information content (AvgIpc) is 2.92. The number of aliphatic hydroxyl groups is 3. The number of nitrogens with zero attached hydrogens (tertiary/aromatic N) is 2. The Morgan fingerprint density at radius 1 is 1.18 bits per heavy atom. The Labute approximate surface area is 165 Å². The molecule has 3 rings (SSSR count). The van der Waals surface area contributed by atoms with Gasteiger partial charge < -0.3 is 26.4 Å². The van der Waals surface area contributed by atoms with Gasteiger partial charge in [0.2, 0.25) is 5.95 Å². The van der Waals surface area contributed by atoms with Crippen LogP contribution in [0.25, 0.3) is 0 Å². The van der Waals surface area contributed by atoms with Crippen LogP contribution in [0, 0.1) is 17.6 Å². The van der Waals surface area contributed by atoms with E-state index in [4.69, 9.17) is 17.3 Å². The van der Waals surface area contributed by atoms with E-state index in [1.807, 2.05) is 0 Å². The number of nitrogens with two attached hydrogens (primary N) is 1. The van der Waals surface area contributed by atoms with Gasteiger partial charge in [-0.3, -0.25) is 0 Å². The number of aromatic nitrogens is 2. The molecule has 1 heterocycles. The van der Waals surface area contributed by atoms with Gasteiger partial charge in [0.1, 0.15) is 17.1 Å². The van der Waals surface area contributed by atoms with Crippen LogP contribution in [0.5, 0.6) is 0 Å². The van der Waals surface area contributed by atoms with Crippen molar-refractivity contribution in [2.24, 2.45) is 5.92 Å². The first kappa shape index (κ1) is 20.7. The second-order valence-corrected chi connectivity index (χ2v) is 7.18. The molecular formula is C18H21ClF2N4O3. The van der Waals surface area contributed by atoms with Gasteiger partial charge in [0.25, 0.3) is 0 Å². The molecule has 1 aromatic heterocycles. The Kier molecular flexibility index (Phi) is 6.29. The molecule has 152 valence electrons. The Morgan fingerprint density at radius 3 is 2.61 bits per heavy atom. The monoisotopic (exact) mass is 414 g/mol. The summed E-state index contributed by atoms with van der Waals surface area (Å²) < 4.78 is 27.3. The molecule has 1 saturated carbocycles. The highest BCUT2D eigenvalue weighted by Gasteiger charge is 2.41. The molecule has 0 bridgehead atoms. The van der Waals surface area contributed by atoms with Crippen LogP contribution in [0.4, 0.5) is 20.5 Å². The van der Waals surface area contributed by atoms with Crippen molar-refractivity contribution in [2.45, 2.75) is 37.5 Å². The first-order valence-corrected chi connectivity index (χ1v) is 9.18. The minimum atomic E-state index is -1.12. The fourth-order valence-electron chi connectivity index (χ4n) is 3.44. The van der Waals surface area contributed by atoms with Crippen LogP contribution in [0.1, 0.15) is 17.5 Å². The zero-order valence-electron chi connectivity index (χ0n) is 14.8. The lowest BCUT2D eigenvalue weighted by molar-refractivity contribution is 0.00445. The summed E-state index contributed by atoms with van der Waals surface area (Å²) >= 11 is 6.19. The maximum atomic E-state index is 13.9. The van der Waals surface area contributed by atoms with Gasteiger partial charge in [0, 0.05) is 18.1 Å². The minimum Gasteiger partial charge on any atom is -0.396 e. The van der Waals surface area contributed by atoms with E-state index < -0.39 is 35.8 Å². The van der Waals surface area contributed by atoms with Crippen molar-refractivity contribution >= 4 is 23.4 Å². The van der Waals surface area contributed by atoms with Crippen LogP contribution in [-0.4, -0.2) is 50.1 Å². The topological polar surface area (TPSA) is 125 Å². The number of aliphatic hydroxyl groups excluding tert-OH is 3. The lowest BCUT2D eigenvalue weighted by Crippen LogP contribution is -2.36. The molecule has 1 aliphatic rings. The Hall–Kier alpha value is -2.07. The maximum Gasteiger partial charge on any atom is 0.223 e. The third-order valence-corrected chi connectivity index (χ3v) is 5.32. The van der Waals surface area contributed by atoms with E-state index in [2.05, 4.69) is 15.3 Å². The van der Waals surface area contributed by atoms with Gasteiger partial charge in [-0.2, -0.15) is 4.98 Å². The molecule has 6 N–H and O–H groups in total. The number of hydrogen-bond donors (Lipinski definition) is 5. The zero-order chi connectivity index (χ0) is 20.4. The van der Waals surface area contributed by atoms with Crippen molar-refractivity contribution in [3.8, 4) is 0 Å². The highest BCUT2D eigenvalue weighted by atomic mass is 35.5. The molecule has 1 aromatic carbocycles. The molecule has 28 heavy (non-hydrogen) atoms. The van der Waals surface area contributed by atoms with Gasteiger partial charge in [-0.1, -0.05) is 23.7 Å². The van der Waals surface area contributed by atoms with Gasteiger partial charge in [-0.15, -0.1) is 0 Å². The third kappa shape index (κ3) is 4.17. The largest absolute Gasteiger partial charge is 0.396 e. The lowest BCUT2D eigenvalue weighted by atomic mass is 10.0. The summed E-state index contributed by atoms with van der Waals surface area (Å²) in [6.45, 7) is -0.269. The lowest BCUT2D eigenvalue weighted by Gasteiger charge is -2.21. The van der Waals surface area contributed by atoms with Gasteiger partial charge in [0.15, 0.2) is 11.6 Å². The molecule has 1 fully saturated rings. The smallest absolute Gasteiger partial charge is 0.223 e. The van der Waals surface area contributed by atoms with E-state index in [-0.39, 0.29) is 41.9 Å². The van der Waals surface area contributed by atoms with Crippen molar-refractivity contribution in [3.05, 3.63) is 46.1 Å². The predicted molar refractivity (Wildman–Crippen MR) is 99.8 cm³/mol. The summed E-state index contributed by atoms with van der Waals surface area (Å²) in [7, 11) is 0. The molecule has 2 aromatic rings. The van der Waals surface area contributed by atoms with E-state index in [1.54, 1.807) is 0 Å². The predicted octanol–water partition coefficient (Wildman–Crippen LogP) is 1.29. The molecular weight excluding hydrogens is 394 g/mol. The second kappa shape index (κ2) is 8.52. The third-order valence-electron chi connectivity index (χ3n) is 5.01. The molecule has 7 nitrogen and oxygen atoms in total. The fourth-order valence-corrected chi connectivity index (χ4v) is 3.71. The van der Waals surface area contributed by atoms with Crippen LogP contribution in [0.3, 0.4) is 0 Å². The van der Waals surface area contributed by atoms with Gasteiger partial charge in [-0.25, -0.2) is 13.8 Å².